The highest BCUT2D eigenvalue weighted by Gasteiger charge is 2.19. The molecule has 0 spiro atoms. The fourth-order valence-electron chi connectivity index (χ4n) is 2.62. The van der Waals surface area contributed by atoms with Gasteiger partial charge >= 0.3 is 0 Å². The van der Waals surface area contributed by atoms with Gasteiger partial charge in [-0.3, -0.25) is 25.2 Å². The van der Waals surface area contributed by atoms with Gasteiger partial charge in [0.25, 0.3) is 21.8 Å². The number of nitrogens with one attached hydrogen (secondary N) is 3. The number of anilines is 1. The maximum atomic E-state index is 13.0. The third-order valence-corrected chi connectivity index (χ3v) is 5.87. The summed E-state index contributed by atoms with van der Waals surface area (Å²) in [5, 5.41) is -0.0111. The first-order valence-electron chi connectivity index (χ1n) is 8.91. The van der Waals surface area contributed by atoms with Crippen molar-refractivity contribution in [1.29, 1.82) is 0 Å². The van der Waals surface area contributed by atoms with Crippen LogP contribution in [0.4, 0.5) is 10.1 Å². The molecular formula is C21H17ClFN3O4S. The van der Waals surface area contributed by atoms with E-state index in [0.29, 0.717) is 5.69 Å². The summed E-state index contributed by atoms with van der Waals surface area (Å²) in [4.78, 5) is 24.3. The number of sulfonamides is 1. The van der Waals surface area contributed by atoms with Gasteiger partial charge < -0.3 is 0 Å². The Balaban J connectivity index is 1.76. The predicted octanol–water partition coefficient (Wildman–Crippen LogP) is 3.66. The van der Waals surface area contributed by atoms with E-state index >= 15 is 0 Å². The van der Waals surface area contributed by atoms with E-state index in [4.69, 9.17) is 11.6 Å². The molecule has 3 rings (SSSR count). The minimum Gasteiger partial charge on any atom is -0.280 e. The number of carbonyl (C=O) groups excluding carboxylic acids is 2. The molecule has 7 nitrogen and oxygen atoms in total. The minimum absolute atomic E-state index is 0.0111. The molecular weight excluding hydrogens is 445 g/mol. The van der Waals surface area contributed by atoms with Gasteiger partial charge in [0.05, 0.1) is 15.5 Å². The summed E-state index contributed by atoms with van der Waals surface area (Å²) in [6.07, 6.45) is 0. The summed E-state index contributed by atoms with van der Waals surface area (Å²) < 4.78 is 40.8. The molecule has 0 aliphatic heterocycles. The van der Waals surface area contributed by atoms with Crippen LogP contribution < -0.4 is 15.6 Å². The third-order valence-electron chi connectivity index (χ3n) is 4.16. The SMILES string of the molecule is Cc1cccc(NS(=O)(=O)c2ccc(Cl)c(C(=O)NNC(=O)c3ccc(F)cc3)c2)c1. The van der Waals surface area contributed by atoms with Crippen LogP contribution >= 0.6 is 11.6 Å². The Morgan fingerprint density at radius 3 is 2.26 bits per heavy atom. The van der Waals surface area contributed by atoms with Crippen molar-refractivity contribution >= 4 is 39.1 Å². The average molecular weight is 462 g/mol. The van der Waals surface area contributed by atoms with Gasteiger partial charge in [0.2, 0.25) is 0 Å². The third kappa shape index (κ3) is 5.59. The Hall–Kier alpha value is -3.43. The highest BCUT2D eigenvalue weighted by molar-refractivity contribution is 7.92. The fraction of sp³-hybridized carbons (Fsp3) is 0.0476. The van der Waals surface area contributed by atoms with Crippen molar-refractivity contribution in [2.45, 2.75) is 11.8 Å². The topological polar surface area (TPSA) is 104 Å². The van der Waals surface area contributed by atoms with E-state index in [1.54, 1.807) is 18.2 Å². The Morgan fingerprint density at radius 1 is 0.903 bits per heavy atom. The van der Waals surface area contributed by atoms with Crippen LogP contribution in [0.1, 0.15) is 26.3 Å². The van der Waals surface area contributed by atoms with Crippen LogP contribution in [0.15, 0.2) is 71.6 Å². The summed E-state index contributed by atoms with van der Waals surface area (Å²) in [5.41, 5.74) is 5.51. The van der Waals surface area contributed by atoms with Crippen LogP contribution in [0.25, 0.3) is 0 Å². The van der Waals surface area contributed by atoms with Crippen molar-refractivity contribution in [3.63, 3.8) is 0 Å². The second-order valence-electron chi connectivity index (χ2n) is 6.53. The molecule has 3 aromatic rings. The Kier molecular flexibility index (Phi) is 6.57. The summed E-state index contributed by atoms with van der Waals surface area (Å²) >= 11 is 6.04. The molecule has 0 saturated heterocycles. The zero-order chi connectivity index (χ0) is 22.6. The second kappa shape index (κ2) is 9.15. The first kappa shape index (κ1) is 22.3. The average Bonchev–Trinajstić information content (AvgIpc) is 2.72. The van der Waals surface area contributed by atoms with Gasteiger partial charge in [0.15, 0.2) is 0 Å². The molecule has 0 atom stereocenters. The standard InChI is InChI=1S/C21H17ClFN3O4S/c1-13-3-2-4-16(11-13)26-31(29,30)17-9-10-19(22)18(12-17)21(28)25-24-20(27)14-5-7-15(23)8-6-14/h2-12,26H,1H3,(H,24,27)(H,25,28). The molecule has 10 heteroatoms. The molecule has 3 N–H and O–H groups in total. The van der Waals surface area contributed by atoms with Crippen molar-refractivity contribution in [3.05, 3.63) is 94.3 Å². The molecule has 0 aliphatic rings. The van der Waals surface area contributed by atoms with Crippen molar-refractivity contribution in [2.24, 2.45) is 0 Å². The quantitative estimate of drug-likeness (QED) is 0.504. The monoisotopic (exact) mass is 461 g/mol. The number of carbonyl (C=O) groups is 2. The molecule has 0 radical (unpaired) electrons. The molecule has 0 aliphatic carbocycles. The number of aryl methyl sites for hydroxylation is 1. The lowest BCUT2D eigenvalue weighted by molar-refractivity contribution is 0.0846. The van der Waals surface area contributed by atoms with Crippen LogP contribution in [0.3, 0.4) is 0 Å². The molecule has 0 saturated carbocycles. The van der Waals surface area contributed by atoms with Crippen LogP contribution in [0.2, 0.25) is 5.02 Å². The number of amides is 2. The largest absolute Gasteiger partial charge is 0.280 e. The van der Waals surface area contributed by atoms with Crippen molar-refractivity contribution < 1.29 is 22.4 Å². The molecule has 0 fully saturated rings. The lowest BCUT2D eigenvalue weighted by atomic mass is 10.2. The van der Waals surface area contributed by atoms with E-state index in [2.05, 4.69) is 15.6 Å². The summed E-state index contributed by atoms with van der Waals surface area (Å²) in [6, 6.07) is 15.1. The van der Waals surface area contributed by atoms with E-state index in [9.17, 15) is 22.4 Å². The zero-order valence-corrected chi connectivity index (χ0v) is 17.7. The number of benzene rings is 3. The molecule has 2 amide bonds. The number of rotatable bonds is 5. The normalized spacial score (nSPS) is 10.9. The first-order chi connectivity index (χ1) is 14.7. The molecule has 0 bridgehead atoms. The second-order valence-corrected chi connectivity index (χ2v) is 8.62. The van der Waals surface area contributed by atoms with Gasteiger partial charge in [0.1, 0.15) is 5.82 Å². The minimum atomic E-state index is -3.99. The van der Waals surface area contributed by atoms with Crippen molar-refractivity contribution in [1.82, 2.24) is 10.9 Å². The molecule has 160 valence electrons. The molecule has 0 unspecified atom stereocenters. The van der Waals surface area contributed by atoms with E-state index in [-0.39, 0.29) is 21.0 Å². The van der Waals surface area contributed by atoms with Crippen LogP contribution in [0.5, 0.6) is 0 Å². The van der Waals surface area contributed by atoms with E-state index in [0.717, 1.165) is 23.8 Å². The van der Waals surface area contributed by atoms with E-state index < -0.39 is 27.7 Å². The van der Waals surface area contributed by atoms with Gasteiger partial charge in [-0.25, -0.2) is 12.8 Å². The lowest BCUT2D eigenvalue weighted by Gasteiger charge is -2.12. The van der Waals surface area contributed by atoms with Gasteiger partial charge in [-0.15, -0.1) is 0 Å². The highest BCUT2D eigenvalue weighted by atomic mass is 35.5. The van der Waals surface area contributed by atoms with Crippen molar-refractivity contribution in [2.75, 3.05) is 4.72 Å². The van der Waals surface area contributed by atoms with Crippen molar-refractivity contribution in [3.8, 4) is 0 Å². The zero-order valence-electron chi connectivity index (χ0n) is 16.1. The first-order valence-corrected chi connectivity index (χ1v) is 10.8. The molecule has 0 heterocycles. The van der Waals surface area contributed by atoms with Gasteiger partial charge in [-0.05, 0) is 67.1 Å². The van der Waals surface area contributed by atoms with E-state index in [1.165, 1.54) is 24.3 Å². The number of halogens is 2. The maximum Gasteiger partial charge on any atom is 0.271 e. The lowest BCUT2D eigenvalue weighted by Crippen LogP contribution is -2.41. The summed E-state index contributed by atoms with van der Waals surface area (Å²) in [6.45, 7) is 1.82. The highest BCUT2D eigenvalue weighted by Crippen LogP contribution is 2.23. The molecule has 3 aromatic carbocycles. The van der Waals surface area contributed by atoms with Gasteiger partial charge in [-0.2, -0.15) is 0 Å². The smallest absolute Gasteiger partial charge is 0.271 e. The molecule has 0 aromatic heterocycles. The maximum absolute atomic E-state index is 13.0. The number of hydrogen-bond acceptors (Lipinski definition) is 4. The number of hydrazine groups is 1. The van der Waals surface area contributed by atoms with Gasteiger partial charge in [-0.1, -0.05) is 23.7 Å². The fourth-order valence-corrected chi connectivity index (χ4v) is 3.90. The Labute approximate surface area is 183 Å². The van der Waals surface area contributed by atoms with Gasteiger partial charge in [0, 0.05) is 11.3 Å². The summed E-state index contributed by atoms with van der Waals surface area (Å²) in [7, 11) is -3.99. The van der Waals surface area contributed by atoms with Crippen LogP contribution in [-0.2, 0) is 10.0 Å². The summed E-state index contributed by atoms with van der Waals surface area (Å²) in [5.74, 6) is -2.02. The van der Waals surface area contributed by atoms with Crippen LogP contribution in [0, 0.1) is 12.7 Å². The molecule has 31 heavy (non-hydrogen) atoms. The Morgan fingerprint density at radius 2 is 1.58 bits per heavy atom. The Bertz CT molecular complexity index is 1250. The predicted molar refractivity (Wildman–Crippen MR) is 115 cm³/mol. The number of hydrogen-bond donors (Lipinski definition) is 3. The van der Waals surface area contributed by atoms with E-state index in [1.807, 2.05) is 13.0 Å². The van der Waals surface area contributed by atoms with Crippen LogP contribution in [-0.4, -0.2) is 20.2 Å².